The number of rotatable bonds is 3. The predicted octanol–water partition coefficient (Wildman–Crippen LogP) is 1.75. The first-order valence-electron chi connectivity index (χ1n) is 8.04. The van der Waals surface area contributed by atoms with Crippen LogP contribution in [0.2, 0.25) is 0 Å². The summed E-state index contributed by atoms with van der Waals surface area (Å²) in [6.07, 6.45) is 3.89. The van der Waals surface area contributed by atoms with Gasteiger partial charge in [-0.3, -0.25) is 4.79 Å². The molecule has 2 bridgehead atoms. The fourth-order valence-electron chi connectivity index (χ4n) is 3.56. The summed E-state index contributed by atoms with van der Waals surface area (Å²) in [4.78, 5) is 18.9. The quantitative estimate of drug-likeness (QED) is 0.844. The number of piperidine rings is 3. The lowest BCUT2D eigenvalue weighted by atomic mass is 9.84. The highest BCUT2D eigenvalue weighted by Crippen LogP contribution is 2.28. The van der Waals surface area contributed by atoms with E-state index in [0.717, 1.165) is 38.0 Å². The van der Waals surface area contributed by atoms with Crippen LogP contribution in [0, 0.1) is 5.92 Å². The number of oxazole rings is 1. The number of anilines is 1. The third kappa shape index (κ3) is 2.82. The molecular formula is C17H20N4O2. The summed E-state index contributed by atoms with van der Waals surface area (Å²) in [5, 5.41) is 3.08. The summed E-state index contributed by atoms with van der Waals surface area (Å²) in [6.45, 7) is 3.23. The topological polar surface area (TPSA) is 84.4 Å². The Labute approximate surface area is 134 Å². The SMILES string of the molecule is Nc1cccc(-c2cnc(C(=O)NC3CN4CCC3CC4)o2)c1. The maximum Gasteiger partial charge on any atom is 0.307 e. The molecule has 6 nitrogen and oxygen atoms in total. The maximum atomic E-state index is 12.4. The van der Waals surface area contributed by atoms with E-state index in [1.54, 1.807) is 18.3 Å². The van der Waals surface area contributed by atoms with Crippen LogP contribution in [-0.2, 0) is 0 Å². The molecule has 0 radical (unpaired) electrons. The number of nitrogens with zero attached hydrogens (tertiary/aromatic N) is 2. The smallest absolute Gasteiger partial charge is 0.307 e. The van der Waals surface area contributed by atoms with Crippen LogP contribution in [0.15, 0.2) is 34.9 Å². The number of benzene rings is 1. The Balaban J connectivity index is 1.47. The van der Waals surface area contributed by atoms with Crippen molar-refractivity contribution in [2.45, 2.75) is 18.9 Å². The second kappa shape index (κ2) is 5.70. The van der Waals surface area contributed by atoms with Gasteiger partial charge in [-0.25, -0.2) is 4.98 Å². The van der Waals surface area contributed by atoms with Crippen LogP contribution in [0.1, 0.15) is 23.5 Å². The van der Waals surface area contributed by atoms with Crippen molar-refractivity contribution in [1.82, 2.24) is 15.2 Å². The van der Waals surface area contributed by atoms with Crippen molar-refractivity contribution in [1.29, 1.82) is 0 Å². The van der Waals surface area contributed by atoms with E-state index in [0.29, 0.717) is 17.4 Å². The van der Waals surface area contributed by atoms with Crippen molar-refractivity contribution in [3.63, 3.8) is 0 Å². The van der Waals surface area contributed by atoms with E-state index >= 15 is 0 Å². The highest BCUT2D eigenvalue weighted by atomic mass is 16.4. The predicted molar refractivity (Wildman–Crippen MR) is 86.8 cm³/mol. The molecule has 2 aromatic rings. The number of carbonyl (C=O) groups excluding carboxylic acids is 1. The summed E-state index contributed by atoms with van der Waals surface area (Å²) in [5.41, 5.74) is 7.24. The lowest BCUT2D eigenvalue weighted by molar-refractivity contribution is 0.0602. The number of amides is 1. The summed E-state index contributed by atoms with van der Waals surface area (Å²) in [6, 6.07) is 7.54. The zero-order chi connectivity index (χ0) is 15.8. The lowest BCUT2D eigenvalue weighted by Crippen LogP contribution is -2.57. The normalized spacial score (nSPS) is 26.2. The third-order valence-corrected chi connectivity index (χ3v) is 4.84. The second-order valence-corrected chi connectivity index (χ2v) is 6.37. The number of hydrogen-bond donors (Lipinski definition) is 2. The molecule has 1 amide bonds. The minimum atomic E-state index is -0.237. The van der Waals surface area contributed by atoms with Gasteiger partial charge in [0, 0.05) is 23.8 Å². The molecule has 0 spiro atoms. The summed E-state index contributed by atoms with van der Waals surface area (Å²) >= 11 is 0. The van der Waals surface area contributed by atoms with E-state index in [2.05, 4.69) is 15.2 Å². The molecule has 6 heteroatoms. The van der Waals surface area contributed by atoms with Gasteiger partial charge in [0.1, 0.15) is 0 Å². The zero-order valence-electron chi connectivity index (χ0n) is 12.9. The van der Waals surface area contributed by atoms with Gasteiger partial charge in [-0.2, -0.15) is 0 Å². The van der Waals surface area contributed by atoms with Crippen molar-refractivity contribution in [2.75, 3.05) is 25.4 Å². The van der Waals surface area contributed by atoms with Crippen LogP contribution < -0.4 is 11.1 Å². The first kappa shape index (κ1) is 14.3. The van der Waals surface area contributed by atoms with Crippen molar-refractivity contribution in [3.05, 3.63) is 36.4 Å². The van der Waals surface area contributed by atoms with Crippen molar-refractivity contribution in [3.8, 4) is 11.3 Å². The number of aromatic nitrogens is 1. The molecule has 23 heavy (non-hydrogen) atoms. The molecule has 120 valence electrons. The summed E-state index contributed by atoms with van der Waals surface area (Å²) in [5.74, 6) is 1.00. The van der Waals surface area contributed by atoms with Crippen LogP contribution in [0.5, 0.6) is 0 Å². The summed E-state index contributed by atoms with van der Waals surface area (Å²) < 4.78 is 5.62. The van der Waals surface area contributed by atoms with E-state index in [4.69, 9.17) is 10.2 Å². The average molecular weight is 312 g/mol. The van der Waals surface area contributed by atoms with Crippen LogP contribution in [0.4, 0.5) is 5.69 Å². The number of hydrogen-bond acceptors (Lipinski definition) is 5. The van der Waals surface area contributed by atoms with Gasteiger partial charge in [-0.05, 0) is 44.0 Å². The fourth-order valence-corrected chi connectivity index (χ4v) is 3.56. The molecule has 0 saturated carbocycles. The van der Waals surface area contributed by atoms with Gasteiger partial charge < -0.3 is 20.4 Å². The molecule has 3 aliphatic rings. The van der Waals surface area contributed by atoms with Crippen LogP contribution >= 0.6 is 0 Å². The Hall–Kier alpha value is -2.34. The van der Waals surface area contributed by atoms with Gasteiger partial charge in [0.15, 0.2) is 5.76 Å². The highest BCUT2D eigenvalue weighted by Gasteiger charge is 2.35. The van der Waals surface area contributed by atoms with E-state index in [1.807, 2.05) is 12.1 Å². The van der Waals surface area contributed by atoms with Gasteiger partial charge >= 0.3 is 5.91 Å². The molecule has 0 aliphatic carbocycles. The van der Waals surface area contributed by atoms with Gasteiger partial charge in [0.2, 0.25) is 0 Å². The zero-order valence-corrected chi connectivity index (χ0v) is 12.9. The van der Waals surface area contributed by atoms with Crippen LogP contribution in [0.25, 0.3) is 11.3 Å². The third-order valence-electron chi connectivity index (χ3n) is 4.84. The molecule has 1 aromatic heterocycles. The molecule has 1 aromatic carbocycles. The number of nitrogens with two attached hydrogens (primary N) is 1. The fraction of sp³-hybridized carbons (Fsp3) is 0.412. The molecule has 3 aliphatic heterocycles. The Morgan fingerprint density at radius 3 is 2.87 bits per heavy atom. The lowest BCUT2D eigenvalue weighted by Gasteiger charge is -2.44. The van der Waals surface area contributed by atoms with Crippen molar-refractivity contribution >= 4 is 11.6 Å². The van der Waals surface area contributed by atoms with E-state index < -0.39 is 0 Å². The van der Waals surface area contributed by atoms with Crippen molar-refractivity contribution in [2.24, 2.45) is 5.92 Å². The van der Waals surface area contributed by atoms with Crippen LogP contribution in [-0.4, -0.2) is 41.5 Å². The van der Waals surface area contributed by atoms with Crippen molar-refractivity contribution < 1.29 is 9.21 Å². The first-order valence-corrected chi connectivity index (χ1v) is 8.04. The molecular weight excluding hydrogens is 292 g/mol. The van der Waals surface area contributed by atoms with E-state index in [1.165, 1.54) is 0 Å². The van der Waals surface area contributed by atoms with Gasteiger partial charge in [-0.15, -0.1) is 0 Å². The number of nitrogens with one attached hydrogen (secondary N) is 1. The minimum Gasteiger partial charge on any atom is -0.432 e. The largest absolute Gasteiger partial charge is 0.432 e. The van der Waals surface area contributed by atoms with Gasteiger partial charge in [0.05, 0.1) is 6.20 Å². The Kier molecular flexibility index (Phi) is 3.53. The number of fused-ring (bicyclic) bond motifs is 3. The average Bonchev–Trinajstić information content (AvgIpc) is 3.06. The molecule has 4 heterocycles. The van der Waals surface area contributed by atoms with Gasteiger partial charge in [-0.1, -0.05) is 12.1 Å². The monoisotopic (exact) mass is 312 g/mol. The summed E-state index contributed by atoms with van der Waals surface area (Å²) in [7, 11) is 0. The molecule has 3 saturated heterocycles. The molecule has 3 fully saturated rings. The van der Waals surface area contributed by atoms with E-state index in [9.17, 15) is 4.79 Å². The number of nitrogen functional groups attached to an aromatic ring is 1. The Bertz CT molecular complexity index is 719. The second-order valence-electron chi connectivity index (χ2n) is 6.37. The standard InChI is InChI=1S/C17H20N4O2/c18-13-3-1-2-12(8-13)15-9-19-17(23-15)16(22)20-14-10-21-6-4-11(14)5-7-21/h1-3,8-9,11,14H,4-7,10,18H2,(H,20,22). The molecule has 1 atom stereocenters. The first-order chi connectivity index (χ1) is 11.2. The molecule has 3 N–H and O–H groups in total. The highest BCUT2D eigenvalue weighted by molar-refractivity contribution is 5.90. The van der Waals surface area contributed by atoms with Gasteiger partial charge in [0.25, 0.3) is 5.89 Å². The Morgan fingerprint density at radius 1 is 1.35 bits per heavy atom. The molecule has 5 rings (SSSR count). The van der Waals surface area contributed by atoms with E-state index in [-0.39, 0.29) is 17.8 Å². The Morgan fingerprint density at radius 2 is 2.17 bits per heavy atom. The number of carbonyl (C=O) groups is 1. The minimum absolute atomic E-state index is 0.110. The van der Waals surface area contributed by atoms with Crippen LogP contribution in [0.3, 0.4) is 0 Å². The maximum absolute atomic E-state index is 12.4. The molecule has 1 unspecified atom stereocenters.